The maximum atomic E-state index is 11.8. The molecule has 0 amide bonds. The Morgan fingerprint density at radius 1 is 1.29 bits per heavy atom. The summed E-state index contributed by atoms with van der Waals surface area (Å²) in [6.45, 7) is 6.75. The molecule has 1 N–H and O–H groups in total. The van der Waals surface area contributed by atoms with Gasteiger partial charge in [-0.15, -0.1) is 0 Å². The number of nitro benzene ring substituents is 1. The molecule has 1 saturated carbocycles. The summed E-state index contributed by atoms with van der Waals surface area (Å²) in [7, 11) is 1.73. The molecule has 0 aromatic heterocycles. The van der Waals surface area contributed by atoms with E-state index in [9.17, 15) is 14.9 Å². The van der Waals surface area contributed by atoms with Crippen molar-refractivity contribution in [1.29, 1.82) is 0 Å². The molecule has 0 heterocycles. The lowest BCUT2D eigenvalue weighted by Gasteiger charge is -2.39. The van der Waals surface area contributed by atoms with Crippen molar-refractivity contribution in [3.8, 4) is 0 Å². The van der Waals surface area contributed by atoms with Crippen LogP contribution >= 0.6 is 0 Å². The van der Waals surface area contributed by atoms with Crippen LogP contribution in [-0.2, 0) is 9.53 Å². The summed E-state index contributed by atoms with van der Waals surface area (Å²) in [5.41, 5.74) is 1.38. The van der Waals surface area contributed by atoms with Gasteiger partial charge in [-0.05, 0) is 49.1 Å². The highest BCUT2D eigenvalue weighted by atomic mass is 16.6. The molecule has 0 radical (unpaired) electrons. The van der Waals surface area contributed by atoms with Gasteiger partial charge in [0.15, 0.2) is 0 Å². The van der Waals surface area contributed by atoms with Crippen LogP contribution in [0.3, 0.4) is 0 Å². The highest BCUT2D eigenvalue weighted by molar-refractivity contribution is 5.69. The van der Waals surface area contributed by atoms with E-state index >= 15 is 0 Å². The molecule has 0 bridgehead atoms. The SMILES string of the molecule is COC1CCC(N(CC(C)C)c2ccc(C(C)CC(=O)O)cc2[N+](=O)[O-])CC1. The van der Waals surface area contributed by atoms with Gasteiger partial charge in [0.05, 0.1) is 17.4 Å². The normalized spacial score (nSPS) is 20.8. The summed E-state index contributed by atoms with van der Waals surface area (Å²) in [6, 6.07) is 5.44. The van der Waals surface area contributed by atoms with Crippen LogP contribution < -0.4 is 4.90 Å². The lowest BCUT2D eigenvalue weighted by Crippen LogP contribution is -2.41. The number of anilines is 1. The van der Waals surface area contributed by atoms with E-state index in [0.29, 0.717) is 17.2 Å². The Labute approximate surface area is 166 Å². The number of rotatable bonds is 9. The fourth-order valence-electron chi connectivity index (χ4n) is 4.05. The van der Waals surface area contributed by atoms with E-state index in [1.165, 1.54) is 0 Å². The molecule has 7 nitrogen and oxygen atoms in total. The second-order valence-electron chi connectivity index (χ2n) is 8.22. The highest BCUT2D eigenvalue weighted by Crippen LogP contribution is 2.37. The maximum absolute atomic E-state index is 11.8. The molecule has 1 unspecified atom stereocenters. The van der Waals surface area contributed by atoms with Gasteiger partial charge in [-0.3, -0.25) is 14.9 Å². The topological polar surface area (TPSA) is 92.9 Å². The molecular formula is C21H32N2O5. The van der Waals surface area contributed by atoms with Gasteiger partial charge >= 0.3 is 5.97 Å². The fraction of sp³-hybridized carbons (Fsp3) is 0.667. The minimum atomic E-state index is -0.907. The minimum absolute atomic E-state index is 0.0484. The van der Waals surface area contributed by atoms with Gasteiger partial charge in [0.25, 0.3) is 5.69 Å². The molecule has 2 rings (SSSR count). The third-order valence-electron chi connectivity index (χ3n) is 5.54. The molecule has 1 aromatic rings. The van der Waals surface area contributed by atoms with Crippen LogP contribution in [0.15, 0.2) is 18.2 Å². The van der Waals surface area contributed by atoms with Crippen molar-refractivity contribution in [2.75, 3.05) is 18.6 Å². The van der Waals surface area contributed by atoms with Gasteiger partial charge in [0.2, 0.25) is 0 Å². The summed E-state index contributed by atoms with van der Waals surface area (Å²) in [6.07, 6.45) is 4.02. The van der Waals surface area contributed by atoms with Gasteiger partial charge < -0.3 is 14.7 Å². The molecule has 156 valence electrons. The van der Waals surface area contributed by atoms with E-state index in [4.69, 9.17) is 9.84 Å². The van der Waals surface area contributed by atoms with E-state index in [2.05, 4.69) is 18.7 Å². The molecule has 1 aliphatic rings. The van der Waals surface area contributed by atoms with Gasteiger partial charge in [0, 0.05) is 25.8 Å². The van der Waals surface area contributed by atoms with Crippen molar-refractivity contribution in [1.82, 2.24) is 0 Å². The molecule has 0 aliphatic heterocycles. The Kier molecular flexibility index (Phi) is 7.80. The van der Waals surface area contributed by atoms with Gasteiger partial charge in [-0.25, -0.2) is 0 Å². The number of aliphatic carboxylic acids is 1. The minimum Gasteiger partial charge on any atom is -0.481 e. The van der Waals surface area contributed by atoms with Crippen LogP contribution in [0, 0.1) is 16.0 Å². The Hall–Kier alpha value is -2.15. The Bertz CT molecular complexity index is 683. The highest BCUT2D eigenvalue weighted by Gasteiger charge is 2.30. The third kappa shape index (κ3) is 5.67. The number of ether oxygens (including phenoxy) is 1. The quantitative estimate of drug-likeness (QED) is 0.488. The zero-order valence-electron chi connectivity index (χ0n) is 17.3. The predicted octanol–water partition coefficient (Wildman–Crippen LogP) is 4.59. The average molecular weight is 392 g/mol. The number of hydrogen-bond acceptors (Lipinski definition) is 5. The maximum Gasteiger partial charge on any atom is 0.303 e. The Morgan fingerprint density at radius 3 is 2.43 bits per heavy atom. The van der Waals surface area contributed by atoms with Gasteiger partial charge in [0.1, 0.15) is 5.69 Å². The van der Waals surface area contributed by atoms with Crippen LogP contribution in [0.4, 0.5) is 11.4 Å². The smallest absolute Gasteiger partial charge is 0.303 e. The van der Waals surface area contributed by atoms with Gasteiger partial charge in [-0.2, -0.15) is 0 Å². The van der Waals surface area contributed by atoms with Crippen LogP contribution in [0.25, 0.3) is 0 Å². The monoisotopic (exact) mass is 392 g/mol. The van der Waals surface area contributed by atoms with Crippen molar-refractivity contribution in [3.05, 3.63) is 33.9 Å². The molecule has 1 aliphatic carbocycles. The first-order valence-electron chi connectivity index (χ1n) is 10.0. The molecule has 28 heavy (non-hydrogen) atoms. The zero-order chi connectivity index (χ0) is 20.8. The first-order chi connectivity index (χ1) is 13.2. The second-order valence-corrected chi connectivity index (χ2v) is 8.22. The predicted molar refractivity (Wildman–Crippen MR) is 109 cm³/mol. The van der Waals surface area contributed by atoms with E-state index < -0.39 is 5.97 Å². The van der Waals surface area contributed by atoms with Crippen molar-refractivity contribution in [2.45, 2.75) is 70.9 Å². The van der Waals surface area contributed by atoms with E-state index in [1.54, 1.807) is 26.2 Å². The van der Waals surface area contributed by atoms with Crippen molar-refractivity contribution in [2.24, 2.45) is 5.92 Å². The molecular weight excluding hydrogens is 360 g/mol. The van der Waals surface area contributed by atoms with Gasteiger partial charge in [-0.1, -0.05) is 26.8 Å². The molecule has 1 fully saturated rings. The third-order valence-corrected chi connectivity index (χ3v) is 5.54. The number of carbonyl (C=O) groups is 1. The van der Waals surface area contributed by atoms with Crippen molar-refractivity contribution >= 4 is 17.3 Å². The zero-order valence-corrected chi connectivity index (χ0v) is 17.3. The van der Waals surface area contributed by atoms with Crippen LogP contribution in [0.1, 0.15) is 64.4 Å². The van der Waals surface area contributed by atoms with Crippen molar-refractivity contribution < 1.29 is 19.6 Å². The number of nitrogens with zero attached hydrogens (tertiary/aromatic N) is 2. The van der Waals surface area contributed by atoms with E-state index in [-0.39, 0.29) is 35.1 Å². The first kappa shape index (κ1) is 22.1. The fourth-order valence-corrected chi connectivity index (χ4v) is 4.05. The van der Waals surface area contributed by atoms with Crippen LogP contribution in [0.5, 0.6) is 0 Å². The number of carboxylic acid groups (broad SMARTS) is 1. The number of benzene rings is 1. The number of hydrogen-bond donors (Lipinski definition) is 1. The van der Waals surface area contributed by atoms with E-state index in [0.717, 1.165) is 32.2 Å². The van der Waals surface area contributed by atoms with E-state index in [1.807, 2.05) is 6.07 Å². The van der Waals surface area contributed by atoms with Crippen LogP contribution in [0.2, 0.25) is 0 Å². The molecule has 1 aromatic carbocycles. The second kappa shape index (κ2) is 9.87. The molecule has 0 saturated heterocycles. The molecule has 0 spiro atoms. The molecule has 1 atom stereocenters. The number of methoxy groups -OCH3 is 1. The average Bonchev–Trinajstić information content (AvgIpc) is 2.65. The lowest BCUT2D eigenvalue weighted by atomic mass is 9.90. The summed E-state index contributed by atoms with van der Waals surface area (Å²) in [5.74, 6) is -0.818. The standard InChI is InChI=1S/C21H32N2O5/c1-14(2)13-22(17-6-8-18(28-4)9-7-17)19-10-5-16(12-20(19)23(26)27)15(3)11-21(24)25/h5,10,12,14-15,17-18H,6-9,11,13H2,1-4H3,(H,24,25). The Morgan fingerprint density at radius 2 is 1.93 bits per heavy atom. The summed E-state index contributed by atoms with van der Waals surface area (Å²) >= 11 is 0. The lowest BCUT2D eigenvalue weighted by molar-refractivity contribution is -0.384. The summed E-state index contributed by atoms with van der Waals surface area (Å²) < 4.78 is 5.47. The first-order valence-corrected chi connectivity index (χ1v) is 10.0. The van der Waals surface area contributed by atoms with Crippen molar-refractivity contribution in [3.63, 3.8) is 0 Å². The number of nitro groups is 1. The number of carboxylic acids is 1. The van der Waals surface area contributed by atoms with Crippen LogP contribution in [-0.4, -0.2) is 41.8 Å². The Balaban J connectivity index is 2.36. The summed E-state index contributed by atoms with van der Waals surface area (Å²) in [4.78, 5) is 24.7. The summed E-state index contributed by atoms with van der Waals surface area (Å²) in [5, 5.41) is 20.9. The molecule has 7 heteroatoms. The largest absolute Gasteiger partial charge is 0.481 e.